The zero-order chi connectivity index (χ0) is 15.4. The summed E-state index contributed by atoms with van der Waals surface area (Å²) in [5.74, 6) is 0. The van der Waals surface area contributed by atoms with Crippen LogP contribution in [0.15, 0.2) is 41.3 Å². The monoisotopic (exact) mass is 319 g/mol. The zero-order valence-corrected chi connectivity index (χ0v) is 12.9. The number of anilines is 1. The maximum Gasteiger partial charge on any atom is 0.287 e. The zero-order valence-electron chi connectivity index (χ0n) is 12.2. The average molecular weight is 320 g/mol. The fraction of sp³-hybridized carbons (Fsp3) is 0.375. The van der Waals surface area contributed by atoms with E-state index in [4.69, 9.17) is 16.3 Å². The van der Waals surface area contributed by atoms with Crippen LogP contribution in [-0.4, -0.2) is 29.0 Å². The van der Waals surface area contributed by atoms with E-state index in [0.717, 1.165) is 25.0 Å². The van der Waals surface area contributed by atoms with Crippen molar-refractivity contribution in [2.75, 3.05) is 18.5 Å². The van der Waals surface area contributed by atoms with E-state index in [-0.39, 0.29) is 16.7 Å². The van der Waals surface area contributed by atoms with Crippen LogP contribution < -0.4 is 10.9 Å². The molecule has 1 fully saturated rings. The fourth-order valence-corrected chi connectivity index (χ4v) is 2.70. The molecule has 0 saturated carbocycles. The largest absolute Gasteiger partial charge is 0.380 e. The number of ether oxygens (including phenoxy) is 1. The predicted octanol–water partition coefficient (Wildman–Crippen LogP) is 2.54. The van der Waals surface area contributed by atoms with Crippen molar-refractivity contribution in [3.05, 3.63) is 57.5 Å². The highest BCUT2D eigenvalue weighted by Gasteiger charge is 2.16. The van der Waals surface area contributed by atoms with Crippen LogP contribution in [0, 0.1) is 0 Å². The van der Waals surface area contributed by atoms with Crippen molar-refractivity contribution < 1.29 is 4.74 Å². The van der Waals surface area contributed by atoms with Gasteiger partial charge in [0.25, 0.3) is 5.56 Å². The molecule has 0 amide bonds. The average Bonchev–Trinajstić information content (AvgIpc) is 3.06. The van der Waals surface area contributed by atoms with Crippen molar-refractivity contribution in [2.24, 2.45) is 0 Å². The molecule has 116 valence electrons. The highest BCUT2D eigenvalue weighted by atomic mass is 35.5. The molecule has 3 rings (SSSR count). The Kier molecular flexibility index (Phi) is 4.75. The van der Waals surface area contributed by atoms with Crippen LogP contribution in [0.1, 0.15) is 18.4 Å². The van der Waals surface area contributed by atoms with Gasteiger partial charge in [-0.25, -0.2) is 4.68 Å². The van der Waals surface area contributed by atoms with E-state index in [2.05, 4.69) is 10.4 Å². The third-order valence-corrected chi connectivity index (χ3v) is 4.07. The predicted molar refractivity (Wildman–Crippen MR) is 86.5 cm³/mol. The topological polar surface area (TPSA) is 56.1 Å². The molecule has 1 N–H and O–H groups in total. The van der Waals surface area contributed by atoms with E-state index in [1.165, 1.54) is 4.68 Å². The number of nitrogens with zero attached hydrogens (tertiary/aromatic N) is 2. The van der Waals surface area contributed by atoms with Crippen molar-refractivity contribution >= 4 is 17.3 Å². The summed E-state index contributed by atoms with van der Waals surface area (Å²) in [7, 11) is 0. The summed E-state index contributed by atoms with van der Waals surface area (Å²) in [4.78, 5) is 12.3. The number of rotatable bonds is 5. The second-order valence-corrected chi connectivity index (χ2v) is 5.71. The molecule has 1 saturated heterocycles. The summed E-state index contributed by atoms with van der Waals surface area (Å²) < 4.78 is 6.91. The lowest BCUT2D eigenvalue weighted by atomic mass is 10.2. The van der Waals surface area contributed by atoms with Gasteiger partial charge in [0.1, 0.15) is 5.02 Å². The maximum atomic E-state index is 12.3. The van der Waals surface area contributed by atoms with Crippen molar-refractivity contribution in [3.8, 4) is 0 Å². The Hall–Kier alpha value is -1.85. The number of hydrogen-bond donors (Lipinski definition) is 1. The van der Waals surface area contributed by atoms with Gasteiger partial charge in [0, 0.05) is 13.2 Å². The first-order chi connectivity index (χ1) is 10.7. The van der Waals surface area contributed by atoms with Gasteiger partial charge in [-0.15, -0.1) is 0 Å². The molecule has 6 heteroatoms. The Morgan fingerprint density at radius 1 is 1.36 bits per heavy atom. The minimum atomic E-state index is -0.289. The summed E-state index contributed by atoms with van der Waals surface area (Å²) in [6.07, 6.45) is 3.89. The second-order valence-electron chi connectivity index (χ2n) is 5.34. The molecular weight excluding hydrogens is 302 g/mol. The van der Waals surface area contributed by atoms with E-state index in [9.17, 15) is 4.79 Å². The van der Waals surface area contributed by atoms with Crippen molar-refractivity contribution in [1.82, 2.24) is 9.78 Å². The van der Waals surface area contributed by atoms with Crippen LogP contribution in [-0.2, 0) is 11.3 Å². The molecule has 1 aromatic heterocycles. The molecule has 2 heterocycles. The SMILES string of the molecule is O=c1c(Cl)c(NC[C@@H]2CCCO2)cnn1Cc1ccccc1. The third kappa shape index (κ3) is 3.48. The Morgan fingerprint density at radius 3 is 2.91 bits per heavy atom. The molecule has 5 nitrogen and oxygen atoms in total. The van der Waals surface area contributed by atoms with E-state index in [1.54, 1.807) is 6.20 Å². The lowest BCUT2D eigenvalue weighted by Crippen LogP contribution is -2.26. The van der Waals surface area contributed by atoms with Crippen LogP contribution in [0.3, 0.4) is 0 Å². The smallest absolute Gasteiger partial charge is 0.287 e. The van der Waals surface area contributed by atoms with Gasteiger partial charge in [0.2, 0.25) is 0 Å². The first-order valence-electron chi connectivity index (χ1n) is 7.39. The molecule has 0 bridgehead atoms. The fourth-order valence-electron chi connectivity index (χ4n) is 2.49. The molecule has 0 radical (unpaired) electrons. The van der Waals surface area contributed by atoms with Gasteiger partial charge in [-0.1, -0.05) is 41.9 Å². The van der Waals surface area contributed by atoms with Crippen molar-refractivity contribution in [1.29, 1.82) is 0 Å². The molecule has 1 atom stereocenters. The Morgan fingerprint density at radius 2 is 2.18 bits per heavy atom. The van der Waals surface area contributed by atoms with Gasteiger partial charge in [0.05, 0.1) is 24.5 Å². The standard InChI is InChI=1S/C16H18ClN3O2/c17-15-14(18-9-13-7-4-8-22-13)10-19-20(16(15)21)11-12-5-2-1-3-6-12/h1-3,5-6,10,13,18H,4,7-9,11H2/t13-/m0/s1. The van der Waals surface area contributed by atoms with Crippen LogP contribution in [0.25, 0.3) is 0 Å². The van der Waals surface area contributed by atoms with Gasteiger partial charge in [-0.05, 0) is 18.4 Å². The number of hydrogen-bond acceptors (Lipinski definition) is 4. The first kappa shape index (κ1) is 15.1. The quantitative estimate of drug-likeness (QED) is 0.920. The summed E-state index contributed by atoms with van der Waals surface area (Å²) in [5, 5.41) is 7.52. The Labute approximate surface area is 133 Å². The van der Waals surface area contributed by atoms with E-state index >= 15 is 0 Å². The van der Waals surface area contributed by atoms with Gasteiger partial charge >= 0.3 is 0 Å². The second kappa shape index (κ2) is 6.94. The van der Waals surface area contributed by atoms with Gasteiger partial charge in [-0.3, -0.25) is 4.79 Å². The highest BCUT2D eigenvalue weighted by Crippen LogP contribution is 2.18. The number of aromatic nitrogens is 2. The lowest BCUT2D eigenvalue weighted by molar-refractivity contribution is 0.120. The molecular formula is C16H18ClN3O2. The summed E-state index contributed by atoms with van der Waals surface area (Å²) >= 11 is 6.17. The molecule has 22 heavy (non-hydrogen) atoms. The minimum absolute atomic E-state index is 0.170. The van der Waals surface area contributed by atoms with Crippen LogP contribution in [0.2, 0.25) is 5.02 Å². The normalized spacial score (nSPS) is 17.6. The molecule has 0 aliphatic carbocycles. The van der Waals surface area contributed by atoms with Crippen LogP contribution >= 0.6 is 11.6 Å². The molecule has 1 aliphatic rings. The molecule has 2 aromatic rings. The number of nitrogens with one attached hydrogen (secondary N) is 1. The molecule has 0 spiro atoms. The Bertz CT molecular complexity index is 682. The Balaban J connectivity index is 1.72. The molecule has 1 aliphatic heterocycles. The summed E-state index contributed by atoms with van der Waals surface area (Å²) in [6.45, 7) is 1.85. The van der Waals surface area contributed by atoms with Gasteiger partial charge in [-0.2, -0.15) is 5.10 Å². The first-order valence-corrected chi connectivity index (χ1v) is 7.77. The highest BCUT2D eigenvalue weighted by molar-refractivity contribution is 6.32. The van der Waals surface area contributed by atoms with E-state index in [0.29, 0.717) is 18.8 Å². The third-order valence-electron chi connectivity index (χ3n) is 3.70. The minimum Gasteiger partial charge on any atom is -0.380 e. The van der Waals surface area contributed by atoms with E-state index < -0.39 is 0 Å². The van der Waals surface area contributed by atoms with Crippen LogP contribution in [0.5, 0.6) is 0 Å². The lowest BCUT2D eigenvalue weighted by Gasteiger charge is -2.13. The van der Waals surface area contributed by atoms with E-state index in [1.807, 2.05) is 30.3 Å². The maximum absolute atomic E-state index is 12.3. The summed E-state index contributed by atoms with van der Waals surface area (Å²) in [6, 6.07) is 9.70. The van der Waals surface area contributed by atoms with Gasteiger partial charge < -0.3 is 10.1 Å². The molecule has 0 unspecified atom stereocenters. The van der Waals surface area contributed by atoms with Crippen LogP contribution in [0.4, 0.5) is 5.69 Å². The van der Waals surface area contributed by atoms with Crippen molar-refractivity contribution in [3.63, 3.8) is 0 Å². The molecule has 1 aromatic carbocycles. The number of benzene rings is 1. The number of halogens is 1. The van der Waals surface area contributed by atoms with Gasteiger partial charge in [0.15, 0.2) is 0 Å². The summed E-state index contributed by atoms with van der Waals surface area (Å²) in [5.41, 5.74) is 1.28. The van der Waals surface area contributed by atoms with Crippen molar-refractivity contribution in [2.45, 2.75) is 25.5 Å².